The largest absolute Gasteiger partial charge is 0.467 e. The van der Waals surface area contributed by atoms with Crippen LogP contribution in [0.15, 0.2) is 18.2 Å². The van der Waals surface area contributed by atoms with E-state index in [0.717, 1.165) is 17.5 Å². The molecule has 1 aromatic rings. The van der Waals surface area contributed by atoms with Gasteiger partial charge >= 0.3 is 0 Å². The van der Waals surface area contributed by atoms with E-state index in [4.69, 9.17) is 31.2 Å². The molecule has 0 aliphatic carbocycles. The third-order valence-electron chi connectivity index (χ3n) is 8.08. The Kier molecular flexibility index (Phi) is 12.6. The zero-order chi connectivity index (χ0) is 30.1. The lowest BCUT2D eigenvalue weighted by Gasteiger charge is -2.43. The molecule has 1 aromatic carbocycles. The van der Waals surface area contributed by atoms with Crippen molar-refractivity contribution in [2.75, 3.05) is 13.9 Å². The maximum Gasteiger partial charge on any atom is 0.194 e. The second-order valence-electron chi connectivity index (χ2n) is 13.5. The Morgan fingerprint density at radius 2 is 1.51 bits per heavy atom. The van der Waals surface area contributed by atoms with Crippen LogP contribution in [-0.2, 0) is 20.0 Å². The van der Waals surface area contributed by atoms with E-state index in [2.05, 4.69) is 98.3 Å². The second kappa shape index (κ2) is 14.1. The molecule has 0 aliphatic rings. The Balaban J connectivity index is 3.44. The summed E-state index contributed by atoms with van der Waals surface area (Å²) in [6, 6.07) is 5.92. The van der Waals surface area contributed by atoms with E-state index in [9.17, 15) is 0 Å². The lowest BCUT2D eigenvalue weighted by atomic mass is 9.96. The second-order valence-corrected chi connectivity index (χ2v) is 23.0. The zero-order valence-corrected chi connectivity index (χ0v) is 28.6. The summed E-state index contributed by atoms with van der Waals surface area (Å²) in [6.45, 7) is 24.7. The molecule has 4 nitrogen and oxygen atoms in total. The van der Waals surface area contributed by atoms with Gasteiger partial charge in [0, 0.05) is 31.9 Å². The summed E-state index contributed by atoms with van der Waals surface area (Å²) in [5, 5.41) is 0.117. The van der Waals surface area contributed by atoms with E-state index in [1.54, 1.807) is 7.11 Å². The fraction of sp³-hybridized carbons (Fsp3) is 0.636. The Morgan fingerprint density at radius 3 is 2.03 bits per heavy atom. The minimum absolute atomic E-state index is 0.0196. The van der Waals surface area contributed by atoms with Crippen LogP contribution < -0.4 is 4.74 Å². The maximum atomic E-state index is 6.89. The Hall–Kier alpha value is -1.99. The highest BCUT2D eigenvalue weighted by atomic mass is 28.4. The highest BCUT2D eigenvalue weighted by molar-refractivity contribution is 6.74. The first-order chi connectivity index (χ1) is 17.8. The fourth-order valence-corrected chi connectivity index (χ4v) is 6.51. The van der Waals surface area contributed by atoms with Gasteiger partial charge in [0.25, 0.3) is 0 Å². The van der Waals surface area contributed by atoms with Crippen molar-refractivity contribution >= 4 is 16.6 Å². The summed E-state index contributed by atoms with van der Waals surface area (Å²) in [6.07, 6.45) is 13.5. The van der Waals surface area contributed by atoms with Gasteiger partial charge in [-0.3, -0.25) is 0 Å². The van der Waals surface area contributed by atoms with E-state index in [-0.39, 0.29) is 16.9 Å². The predicted octanol–water partition coefficient (Wildman–Crippen LogP) is 8.50. The van der Waals surface area contributed by atoms with Gasteiger partial charge in [0.1, 0.15) is 11.9 Å². The quantitative estimate of drug-likeness (QED) is 0.144. The first-order valence-corrected chi connectivity index (χ1v) is 19.6. The smallest absolute Gasteiger partial charge is 0.194 e. The van der Waals surface area contributed by atoms with E-state index >= 15 is 0 Å². The molecule has 39 heavy (non-hydrogen) atoms. The van der Waals surface area contributed by atoms with Crippen molar-refractivity contribution in [3.63, 3.8) is 0 Å². The van der Waals surface area contributed by atoms with Gasteiger partial charge in [-0.1, -0.05) is 59.6 Å². The molecule has 0 heterocycles. The van der Waals surface area contributed by atoms with Crippen molar-refractivity contribution in [3.05, 3.63) is 29.3 Å². The lowest BCUT2D eigenvalue weighted by molar-refractivity contribution is 0.0503. The van der Waals surface area contributed by atoms with Crippen molar-refractivity contribution < 1.29 is 18.3 Å². The molecule has 0 fully saturated rings. The summed E-state index contributed by atoms with van der Waals surface area (Å²) < 4.78 is 24.7. The Morgan fingerprint density at radius 1 is 0.897 bits per heavy atom. The topological polar surface area (TPSA) is 36.9 Å². The Bertz CT molecular complexity index is 1080. The first kappa shape index (κ1) is 35.0. The zero-order valence-electron chi connectivity index (χ0n) is 26.6. The molecule has 0 saturated heterocycles. The molecular weight excluding hydrogens is 517 g/mol. The highest BCUT2D eigenvalue weighted by Gasteiger charge is 2.43. The molecule has 0 radical (unpaired) electrons. The van der Waals surface area contributed by atoms with Gasteiger partial charge in [-0.25, -0.2) is 0 Å². The Labute approximate surface area is 242 Å². The van der Waals surface area contributed by atoms with Crippen molar-refractivity contribution in [3.8, 4) is 42.3 Å². The molecule has 0 N–H and O–H groups in total. The van der Waals surface area contributed by atoms with Crippen molar-refractivity contribution in [2.24, 2.45) is 0 Å². The van der Waals surface area contributed by atoms with Gasteiger partial charge in [-0.05, 0) is 61.2 Å². The van der Waals surface area contributed by atoms with E-state index in [1.807, 2.05) is 18.2 Å². The number of hydrogen-bond donors (Lipinski definition) is 0. The molecule has 1 unspecified atom stereocenters. The number of terminal acetylenes is 2. The maximum absolute atomic E-state index is 6.89. The summed E-state index contributed by atoms with van der Waals surface area (Å²) in [5.74, 6) is 13.2. The van der Waals surface area contributed by atoms with E-state index < -0.39 is 28.3 Å². The minimum atomic E-state index is -2.17. The lowest BCUT2D eigenvalue weighted by Crippen LogP contribution is -2.48. The number of hydrogen-bond acceptors (Lipinski definition) is 4. The molecular formula is C33H52O4Si2. The van der Waals surface area contributed by atoms with Gasteiger partial charge in [-0.15, -0.1) is 30.6 Å². The monoisotopic (exact) mass is 568 g/mol. The van der Waals surface area contributed by atoms with Crippen LogP contribution in [0.4, 0.5) is 0 Å². The van der Waals surface area contributed by atoms with Gasteiger partial charge < -0.3 is 18.3 Å². The third kappa shape index (κ3) is 10.2. The predicted molar refractivity (Wildman–Crippen MR) is 170 cm³/mol. The standard InChI is InChI=1S/C33H52O4Si2/c1-15-20-27-28(21-19-23-29(27)35-26-34-10)30(36-38(11,12)31(3,4)5)22-17-18-25-33(9,24-16-2)37-39(13,14)32(6,7)8/h1-2,19,21,23,30H,18,20,24-26H2,3-14H3/t30?,33-/m1/s1. The minimum Gasteiger partial charge on any atom is -0.467 e. The normalized spacial score (nSPS) is 14.8. The van der Waals surface area contributed by atoms with E-state index in [1.165, 1.54) is 0 Å². The molecule has 0 aromatic heterocycles. The summed E-state index contributed by atoms with van der Waals surface area (Å²) in [7, 11) is -2.57. The number of benzene rings is 1. The first-order valence-electron chi connectivity index (χ1n) is 13.8. The van der Waals surface area contributed by atoms with Crippen molar-refractivity contribution in [2.45, 2.75) is 122 Å². The molecule has 0 amide bonds. The molecule has 1 rings (SSSR count). The highest BCUT2D eigenvalue weighted by Crippen LogP contribution is 2.42. The van der Waals surface area contributed by atoms with Crippen LogP contribution in [0.25, 0.3) is 0 Å². The molecule has 2 atom stereocenters. The SMILES string of the molecule is C#CCc1c(OCOC)cccc1C(C#CCC[C@@](C)(CC#C)O[Si](C)(C)C(C)(C)C)O[Si](C)(C)C(C)(C)C. The van der Waals surface area contributed by atoms with Crippen molar-refractivity contribution in [1.82, 2.24) is 0 Å². The van der Waals surface area contributed by atoms with Gasteiger partial charge in [0.2, 0.25) is 0 Å². The number of methoxy groups -OCH3 is 1. The number of ether oxygens (including phenoxy) is 2. The van der Waals surface area contributed by atoms with Crippen LogP contribution in [0.5, 0.6) is 5.75 Å². The number of rotatable bonds is 12. The third-order valence-corrected chi connectivity index (χ3v) is 17.1. The van der Waals surface area contributed by atoms with Crippen molar-refractivity contribution in [1.29, 1.82) is 0 Å². The van der Waals surface area contributed by atoms with Crippen LogP contribution in [-0.4, -0.2) is 36.1 Å². The van der Waals surface area contributed by atoms with Gasteiger partial charge in [-0.2, -0.15) is 0 Å². The van der Waals surface area contributed by atoms with Gasteiger partial charge in [0.05, 0.1) is 5.60 Å². The molecule has 0 bridgehead atoms. The summed E-state index contributed by atoms with van der Waals surface area (Å²) in [4.78, 5) is 0. The van der Waals surface area contributed by atoms with Gasteiger partial charge in [0.15, 0.2) is 23.4 Å². The average Bonchev–Trinajstić information content (AvgIpc) is 2.78. The summed E-state index contributed by atoms with van der Waals surface area (Å²) in [5.41, 5.74) is 1.43. The average molecular weight is 569 g/mol. The molecule has 216 valence electrons. The molecule has 0 aliphatic heterocycles. The van der Waals surface area contributed by atoms with Crippen LogP contribution in [0, 0.1) is 36.5 Å². The fourth-order valence-electron chi connectivity index (χ4n) is 3.67. The summed E-state index contributed by atoms with van der Waals surface area (Å²) >= 11 is 0. The van der Waals surface area contributed by atoms with Crippen LogP contribution >= 0.6 is 0 Å². The van der Waals surface area contributed by atoms with Crippen LogP contribution in [0.1, 0.15) is 85.0 Å². The molecule has 0 saturated carbocycles. The molecule has 6 heteroatoms. The van der Waals surface area contributed by atoms with Crippen LogP contribution in [0.2, 0.25) is 36.3 Å². The molecule has 0 spiro atoms. The van der Waals surface area contributed by atoms with Crippen LogP contribution in [0.3, 0.4) is 0 Å². The van der Waals surface area contributed by atoms with E-state index in [0.29, 0.717) is 25.0 Å².